The summed E-state index contributed by atoms with van der Waals surface area (Å²) >= 11 is 1.71. The molecular weight excluding hydrogens is 318 g/mol. The highest BCUT2D eigenvalue weighted by Crippen LogP contribution is 2.21. The number of guanidine groups is 1. The molecule has 1 aromatic carbocycles. The molecule has 0 bridgehead atoms. The van der Waals surface area contributed by atoms with Crippen LogP contribution in [0.1, 0.15) is 18.1 Å². The highest BCUT2D eigenvalue weighted by molar-refractivity contribution is 7.98. The SMILES string of the molecule is CCS(=O)(=O)CCNC(=NC)NCc1ccc(C)cc1SC. The van der Waals surface area contributed by atoms with E-state index in [9.17, 15) is 8.42 Å². The van der Waals surface area contributed by atoms with Gasteiger partial charge in [-0.2, -0.15) is 0 Å². The van der Waals surface area contributed by atoms with E-state index in [1.807, 2.05) is 0 Å². The zero-order valence-electron chi connectivity index (χ0n) is 13.6. The van der Waals surface area contributed by atoms with E-state index in [1.54, 1.807) is 25.7 Å². The third-order valence-corrected chi connectivity index (χ3v) is 5.78. The van der Waals surface area contributed by atoms with Gasteiger partial charge in [0.25, 0.3) is 0 Å². The second kappa shape index (κ2) is 9.05. The van der Waals surface area contributed by atoms with Gasteiger partial charge in [-0.1, -0.05) is 19.1 Å². The molecule has 0 atom stereocenters. The summed E-state index contributed by atoms with van der Waals surface area (Å²) in [6.07, 6.45) is 2.06. The maximum atomic E-state index is 11.5. The molecule has 0 aromatic heterocycles. The van der Waals surface area contributed by atoms with E-state index in [0.29, 0.717) is 19.0 Å². The van der Waals surface area contributed by atoms with Crippen LogP contribution < -0.4 is 10.6 Å². The second-order valence-electron chi connectivity index (χ2n) is 4.90. The van der Waals surface area contributed by atoms with E-state index < -0.39 is 9.84 Å². The Morgan fingerprint density at radius 1 is 1.32 bits per heavy atom. The number of aryl methyl sites for hydroxylation is 1. The first-order valence-electron chi connectivity index (χ1n) is 7.20. The van der Waals surface area contributed by atoms with Gasteiger partial charge >= 0.3 is 0 Å². The molecule has 0 unspecified atom stereocenters. The lowest BCUT2D eigenvalue weighted by Gasteiger charge is -2.14. The number of hydrogen-bond acceptors (Lipinski definition) is 4. The lowest BCUT2D eigenvalue weighted by atomic mass is 10.1. The molecule has 1 rings (SSSR count). The van der Waals surface area contributed by atoms with Gasteiger partial charge in [-0.05, 0) is 30.4 Å². The van der Waals surface area contributed by atoms with E-state index in [0.717, 1.165) is 0 Å². The maximum absolute atomic E-state index is 11.5. The summed E-state index contributed by atoms with van der Waals surface area (Å²) in [6.45, 7) is 4.74. The zero-order chi connectivity index (χ0) is 16.6. The molecule has 0 saturated heterocycles. The highest BCUT2D eigenvalue weighted by Gasteiger charge is 2.08. The number of thioether (sulfide) groups is 1. The predicted molar refractivity (Wildman–Crippen MR) is 95.5 cm³/mol. The van der Waals surface area contributed by atoms with Crippen molar-refractivity contribution >= 4 is 27.6 Å². The summed E-state index contributed by atoms with van der Waals surface area (Å²) in [4.78, 5) is 5.35. The smallest absolute Gasteiger partial charge is 0.191 e. The Balaban J connectivity index is 2.55. The summed E-state index contributed by atoms with van der Waals surface area (Å²) in [6, 6.07) is 6.34. The molecule has 124 valence electrons. The second-order valence-corrected chi connectivity index (χ2v) is 8.23. The molecule has 0 aliphatic rings. The van der Waals surface area contributed by atoms with Crippen LogP contribution in [0, 0.1) is 6.92 Å². The van der Waals surface area contributed by atoms with Crippen molar-refractivity contribution in [2.75, 3.05) is 31.4 Å². The van der Waals surface area contributed by atoms with E-state index in [2.05, 4.69) is 47.0 Å². The number of aliphatic imine (C=N–C) groups is 1. The Morgan fingerprint density at radius 2 is 2.05 bits per heavy atom. The molecule has 5 nitrogen and oxygen atoms in total. The van der Waals surface area contributed by atoms with E-state index in [-0.39, 0.29) is 11.5 Å². The molecule has 7 heteroatoms. The summed E-state index contributed by atoms with van der Waals surface area (Å²) < 4.78 is 22.9. The van der Waals surface area contributed by atoms with Crippen molar-refractivity contribution in [2.24, 2.45) is 4.99 Å². The van der Waals surface area contributed by atoms with Gasteiger partial charge in [0.1, 0.15) is 0 Å². The minimum Gasteiger partial charge on any atom is -0.355 e. The molecule has 2 N–H and O–H groups in total. The van der Waals surface area contributed by atoms with Gasteiger partial charge in [-0.3, -0.25) is 4.99 Å². The first-order valence-corrected chi connectivity index (χ1v) is 10.2. The third-order valence-electron chi connectivity index (χ3n) is 3.26. The number of nitrogens with one attached hydrogen (secondary N) is 2. The normalized spacial score (nSPS) is 12.3. The largest absolute Gasteiger partial charge is 0.355 e. The van der Waals surface area contributed by atoms with Crippen molar-refractivity contribution in [3.63, 3.8) is 0 Å². The first kappa shape index (κ1) is 18.8. The topological polar surface area (TPSA) is 70.6 Å². The number of nitrogens with zero attached hydrogens (tertiary/aromatic N) is 1. The molecule has 0 aliphatic carbocycles. The molecule has 1 aromatic rings. The van der Waals surface area contributed by atoms with Crippen LogP contribution in [0.3, 0.4) is 0 Å². The van der Waals surface area contributed by atoms with Crippen molar-refractivity contribution in [1.29, 1.82) is 0 Å². The fourth-order valence-electron chi connectivity index (χ4n) is 1.87. The van der Waals surface area contributed by atoms with Crippen molar-refractivity contribution in [3.8, 4) is 0 Å². The molecule has 0 radical (unpaired) electrons. The summed E-state index contributed by atoms with van der Waals surface area (Å²) in [5.74, 6) is 0.894. The Bertz CT molecular complexity index is 613. The summed E-state index contributed by atoms with van der Waals surface area (Å²) in [7, 11) is -1.28. The first-order chi connectivity index (χ1) is 10.4. The number of hydrogen-bond donors (Lipinski definition) is 2. The van der Waals surface area contributed by atoms with E-state index >= 15 is 0 Å². The van der Waals surface area contributed by atoms with Crippen molar-refractivity contribution in [3.05, 3.63) is 29.3 Å². The van der Waals surface area contributed by atoms with Crippen LogP contribution in [-0.4, -0.2) is 45.7 Å². The highest BCUT2D eigenvalue weighted by atomic mass is 32.2. The third kappa shape index (κ3) is 6.27. The molecule has 0 saturated carbocycles. The molecule has 0 spiro atoms. The van der Waals surface area contributed by atoms with Crippen LogP contribution in [0.4, 0.5) is 0 Å². The van der Waals surface area contributed by atoms with Crippen molar-refractivity contribution in [2.45, 2.75) is 25.3 Å². The summed E-state index contributed by atoms with van der Waals surface area (Å²) in [5, 5.41) is 6.25. The Labute approximate surface area is 137 Å². The van der Waals surface area contributed by atoms with Crippen LogP contribution in [0.2, 0.25) is 0 Å². The quantitative estimate of drug-likeness (QED) is 0.449. The van der Waals surface area contributed by atoms with Crippen LogP contribution in [0.15, 0.2) is 28.1 Å². The number of benzene rings is 1. The predicted octanol–water partition coefficient (Wildman–Crippen LogP) is 1.82. The fourth-order valence-corrected chi connectivity index (χ4v) is 3.27. The number of rotatable bonds is 7. The van der Waals surface area contributed by atoms with Gasteiger partial charge in [0.2, 0.25) is 0 Å². The van der Waals surface area contributed by atoms with Gasteiger partial charge in [0.05, 0.1) is 5.75 Å². The molecule has 0 fully saturated rings. The minimum absolute atomic E-state index is 0.116. The number of sulfone groups is 1. The van der Waals surface area contributed by atoms with Gasteiger partial charge in [0.15, 0.2) is 15.8 Å². The molecule has 0 amide bonds. The Morgan fingerprint density at radius 3 is 2.64 bits per heavy atom. The molecule has 0 aliphatic heterocycles. The average Bonchev–Trinajstić information content (AvgIpc) is 2.51. The van der Waals surface area contributed by atoms with Crippen molar-refractivity contribution in [1.82, 2.24) is 10.6 Å². The van der Waals surface area contributed by atoms with Gasteiger partial charge in [0, 0.05) is 30.8 Å². The van der Waals surface area contributed by atoms with Crippen LogP contribution in [-0.2, 0) is 16.4 Å². The van der Waals surface area contributed by atoms with Crippen molar-refractivity contribution < 1.29 is 8.42 Å². The molecule has 0 heterocycles. The standard InChI is InChI=1S/C15H25N3O2S2/c1-5-22(19,20)9-8-17-15(16-3)18-11-13-7-6-12(2)10-14(13)21-4/h6-7,10H,5,8-9,11H2,1-4H3,(H2,16,17,18). The minimum atomic E-state index is -2.95. The van der Waals surface area contributed by atoms with Gasteiger partial charge < -0.3 is 10.6 Å². The van der Waals surface area contributed by atoms with E-state index in [4.69, 9.17) is 0 Å². The van der Waals surface area contributed by atoms with Crippen LogP contribution in [0.25, 0.3) is 0 Å². The van der Waals surface area contributed by atoms with Crippen LogP contribution in [0.5, 0.6) is 0 Å². The molecular formula is C15H25N3O2S2. The Hall–Kier alpha value is -1.21. The zero-order valence-corrected chi connectivity index (χ0v) is 15.3. The van der Waals surface area contributed by atoms with Gasteiger partial charge in [-0.25, -0.2) is 8.42 Å². The van der Waals surface area contributed by atoms with Crippen LogP contribution >= 0.6 is 11.8 Å². The van der Waals surface area contributed by atoms with E-state index in [1.165, 1.54) is 16.0 Å². The lowest BCUT2D eigenvalue weighted by molar-refractivity contribution is 0.595. The monoisotopic (exact) mass is 343 g/mol. The molecule has 22 heavy (non-hydrogen) atoms. The maximum Gasteiger partial charge on any atom is 0.191 e. The fraction of sp³-hybridized carbons (Fsp3) is 0.533. The Kier molecular flexibility index (Phi) is 7.75. The van der Waals surface area contributed by atoms with Gasteiger partial charge in [-0.15, -0.1) is 11.8 Å². The lowest BCUT2D eigenvalue weighted by Crippen LogP contribution is -2.39. The average molecular weight is 344 g/mol. The summed E-state index contributed by atoms with van der Waals surface area (Å²) in [5.41, 5.74) is 2.43.